The van der Waals surface area contributed by atoms with Crippen LogP contribution >= 0.6 is 22.6 Å². The quantitative estimate of drug-likeness (QED) is 0.559. The molecule has 3 N–H and O–H groups in total. The lowest BCUT2D eigenvalue weighted by Gasteiger charge is -2.26. The topological polar surface area (TPSA) is 69.6 Å². The summed E-state index contributed by atoms with van der Waals surface area (Å²) in [5.74, 6) is -0.760. The highest BCUT2D eigenvalue weighted by atomic mass is 127. The van der Waals surface area contributed by atoms with Gasteiger partial charge in [-0.15, -0.1) is 0 Å². The van der Waals surface area contributed by atoms with E-state index in [0.717, 1.165) is 3.57 Å². The lowest BCUT2D eigenvalue weighted by atomic mass is 9.83. The van der Waals surface area contributed by atoms with E-state index >= 15 is 0 Å². The molecule has 0 saturated heterocycles. The molecule has 0 radical (unpaired) electrons. The average molecular weight is 373 g/mol. The largest absolute Gasteiger partial charge is 0.396 e. The summed E-state index contributed by atoms with van der Waals surface area (Å²) in [5.41, 5.74) is -0.261. The van der Waals surface area contributed by atoms with E-state index in [0.29, 0.717) is 17.7 Å². The Kier molecular flexibility index (Phi) is 4.27. The van der Waals surface area contributed by atoms with Gasteiger partial charge in [-0.25, -0.2) is 0 Å². The number of halogens is 1. The molecule has 4 nitrogen and oxygen atoms in total. The zero-order valence-corrected chi connectivity index (χ0v) is 12.7. The van der Waals surface area contributed by atoms with Crippen molar-refractivity contribution in [3.8, 4) is 0 Å². The van der Waals surface area contributed by atoms with Gasteiger partial charge < -0.3 is 15.5 Å². The average Bonchev–Trinajstić information content (AvgIpc) is 2.63. The molecule has 1 aromatic rings. The van der Waals surface area contributed by atoms with E-state index in [2.05, 4.69) is 27.9 Å². The van der Waals surface area contributed by atoms with Gasteiger partial charge in [0.2, 0.25) is 0 Å². The summed E-state index contributed by atoms with van der Waals surface area (Å²) < 4.78 is 0.970. The number of aliphatic hydroxyl groups excluding tert-OH is 1. The Balaban J connectivity index is 2.38. The van der Waals surface area contributed by atoms with E-state index in [1.807, 2.05) is 12.1 Å². The van der Waals surface area contributed by atoms with E-state index in [9.17, 15) is 9.90 Å². The first-order valence-corrected chi connectivity index (χ1v) is 7.19. The molecule has 0 fully saturated rings. The minimum absolute atomic E-state index is 0.0579. The molecule has 0 spiro atoms. The van der Waals surface area contributed by atoms with Crippen molar-refractivity contribution in [1.29, 1.82) is 0 Å². The Morgan fingerprint density at radius 1 is 1.53 bits per heavy atom. The minimum Gasteiger partial charge on any atom is -0.396 e. The maximum absolute atomic E-state index is 12.1. The Morgan fingerprint density at radius 3 is 2.95 bits per heavy atom. The number of amides is 1. The SMILES string of the molecule is C[C@@H](/C=C/CCO)[C@]1(O)C(=O)Nc2ccc(I)cc21. The van der Waals surface area contributed by atoms with Gasteiger partial charge in [-0.2, -0.15) is 0 Å². The Labute approximate surface area is 125 Å². The number of carbonyl (C=O) groups is 1. The molecule has 1 aromatic carbocycles. The van der Waals surface area contributed by atoms with Crippen LogP contribution in [0.5, 0.6) is 0 Å². The number of hydrogen-bond donors (Lipinski definition) is 3. The third-order valence-corrected chi connectivity index (χ3v) is 4.04. The predicted octanol–water partition coefficient (Wildman–Crippen LogP) is 2.01. The smallest absolute Gasteiger partial charge is 0.261 e. The van der Waals surface area contributed by atoms with E-state index in [4.69, 9.17) is 5.11 Å². The van der Waals surface area contributed by atoms with Gasteiger partial charge in [0.1, 0.15) is 0 Å². The summed E-state index contributed by atoms with van der Waals surface area (Å²) in [6, 6.07) is 5.51. The van der Waals surface area contributed by atoms with E-state index < -0.39 is 11.5 Å². The summed E-state index contributed by atoms with van der Waals surface area (Å²) in [4.78, 5) is 12.1. The van der Waals surface area contributed by atoms with Crippen molar-refractivity contribution in [2.75, 3.05) is 11.9 Å². The molecular weight excluding hydrogens is 357 g/mol. The fourth-order valence-electron chi connectivity index (χ4n) is 2.25. The molecule has 1 amide bonds. The molecular formula is C14H16INO3. The fraction of sp³-hybridized carbons (Fsp3) is 0.357. The molecule has 2 rings (SSSR count). The van der Waals surface area contributed by atoms with Crippen LogP contribution in [0.3, 0.4) is 0 Å². The third kappa shape index (κ3) is 2.54. The molecule has 2 atom stereocenters. The maximum atomic E-state index is 12.1. The van der Waals surface area contributed by atoms with Crippen molar-refractivity contribution in [2.45, 2.75) is 18.9 Å². The van der Waals surface area contributed by atoms with Crippen molar-refractivity contribution in [3.05, 3.63) is 39.5 Å². The van der Waals surface area contributed by atoms with Crippen molar-refractivity contribution < 1.29 is 15.0 Å². The first-order valence-electron chi connectivity index (χ1n) is 6.11. The van der Waals surface area contributed by atoms with Gasteiger partial charge in [-0.05, 0) is 47.2 Å². The second-order valence-corrected chi connectivity index (χ2v) is 5.89. The van der Waals surface area contributed by atoms with Gasteiger partial charge in [0, 0.05) is 27.3 Å². The second kappa shape index (κ2) is 5.60. The van der Waals surface area contributed by atoms with Crippen LogP contribution in [0.4, 0.5) is 5.69 Å². The number of benzene rings is 1. The summed E-state index contributed by atoms with van der Waals surface area (Å²) in [5, 5.41) is 22.2. The molecule has 0 aliphatic carbocycles. The number of anilines is 1. The van der Waals surface area contributed by atoms with Crippen molar-refractivity contribution in [2.24, 2.45) is 5.92 Å². The predicted molar refractivity (Wildman–Crippen MR) is 81.7 cm³/mol. The van der Waals surface area contributed by atoms with Gasteiger partial charge in [0.25, 0.3) is 5.91 Å². The lowest BCUT2D eigenvalue weighted by Crippen LogP contribution is -2.39. The van der Waals surface area contributed by atoms with Crippen LogP contribution < -0.4 is 5.32 Å². The normalized spacial score (nSPS) is 23.5. The highest BCUT2D eigenvalue weighted by Crippen LogP contribution is 2.42. The van der Waals surface area contributed by atoms with E-state index in [-0.39, 0.29) is 12.5 Å². The number of rotatable bonds is 4. The summed E-state index contributed by atoms with van der Waals surface area (Å²) in [6.07, 6.45) is 4.06. The maximum Gasteiger partial charge on any atom is 0.261 e. The van der Waals surface area contributed by atoms with Gasteiger partial charge in [-0.3, -0.25) is 4.79 Å². The molecule has 0 bridgehead atoms. The highest BCUT2D eigenvalue weighted by Gasteiger charge is 2.48. The first kappa shape index (κ1) is 14.5. The monoisotopic (exact) mass is 373 g/mol. The number of hydrogen-bond acceptors (Lipinski definition) is 3. The molecule has 5 heteroatoms. The zero-order valence-electron chi connectivity index (χ0n) is 10.6. The van der Waals surface area contributed by atoms with E-state index in [1.54, 1.807) is 25.1 Å². The van der Waals surface area contributed by atoms with Crippen molar-refractivity contribution in [1.82, 2.24) is 0 Å². The zero-order chi connectivity index (χ0) is 14.0. The molecule has 1 aliphatic heterocycles. The van der Waals surface area contributed by atoms with Gasteiger partial charge in [0.05, 0.1) is 0 Å². The minimum atomic E-state index is -1.54. The van der Waals surface area contributed by atoms with Crippen LogP contribution in [0.1, 0.15) is 18.9 Å². The molecule has 19 heavy (non-hydrogen) atoms. The fourth-order valence-corrected chi connectivity index (χ4v) is 2.74. The van der Waals surface area contributed by atoms with Crippen molar-refractivity contribution in [3.63, 3.8) is 0 Å². The lowest BCUT2D eigenvalue weighted by molar-refractivity contribution is -0.137. The van der Waals surface area contributed by atoms with Crippen LogP contribution in [0.15, 0.2) is 30.4 Å². The molecule has 0 saturated carbocycles. The Bertz CT molecular complexity index is 529. The molecule has 1 heterocycles. The molecule has 0 unspecified atom stereocenters. The highest BCUT2D eigenvalue weighted by molar-refractivity contribution is 14.1. The number of carbonyl (C=O) groups excluding carboxylic acids is 1. The standard InChI is InChI=1S/C14H16INO3/c1-9(4-2-3-7-17)14(19)11-8-10(15)5-6-12(11)16-13(14)18/h2,4-6,8-9,17,19H,3,7H2,1H3,(H,16,18)/b4-2+/t9-,14+/m0/s1. The summed E-state index contributed by atoms with van der Waals surface area (Å²) >= 11 is 2.15. The van der Waals surface area contributed by atoms with Crippen LogP contribution in [0, 0.1) is 9.49 Å². The molecule has 0 aromatic heterocycles. The van der Waals surface area contributed by atoms with Crippen LogP contribution in [-0.4, -0.2) is 22.7 Å². The summed E-state index contributed by atoms with van der Waals surface area (Å²) in [7, 11) is 0. The van der Waals surface area contributed by atoms with E-state index in [1.165, 1.54) is 0 Å². The van der Waals surface area contributed by atoms with Crippen LogP contribution in [0.2, 0.25) is 0 Å². The second-order valence-electron chi connectivity index (χ2n) is 4.64. The molecule has 102 valence electrons. The number of nitrogens with one attached hydrogen (secondary N) is 1. The van der Waals surface area contributed by atoms with Gasteiger partial charge in [-0.1, -0.05) is 19.1 Å². The van der Waals surface area contributed by atoms with Crippen molar-refractivity contribution >= 4 is 34.2 Å². The van der Waals surface area contributed by atoms with Gasteiger partial charge in [0.15, 0.2) is 5.60 Å². The Hall–Kier alpha value is -0.920. The van der Waals surface area contributed by atoms with Crippen LogP contribution in [-0.2, 0) is 10.4 Å². The third-order valence-electron chi connectivity index (χ3n) is 3.37. The first-order chi connectivity index (χ1) is 9.00. The Morgan fingerprint density at radius 2 is 2.26 bits per heavy atom. The number of aliphatic hydroxyl groups is 2. The summed E-state index contributed by atoms with van der Waals surface area (Å²) in [6.45, 7) is 1.85. The van der Waals surface area contributed by atoms with Gasteiger partial charge >= 0.3 is 0 Å². The molecule has 1 aliphatic rings. The number of fused-ring (bicyclic) bond motifs is 1. The van der Waals surface area contributed by atoms with Crippen LogP contribution in [0.25, 0.3) is 0 Å².